The lowest BCUT2D eigenvalue weighted by Gasteiger charge is -2.27. The summed E-state index contributed by atoms with van der Waals surface area (Å²) in [5.74, 6) is -0.555. The Morgan fingerprint density at radius 1 is 1.16 bits per heavy atom. The van der Waals surface area contributed by atoms with E-state index >= 15 is 0 Å². The maximum absolute atomic E-state index is 11.9. The zero-order valence-corrected chi connectivity index (χ0v) is 12.7. The molecule has 0 rings (SSSR count). The summed E-state index contributed by atoms with van der Waals surface area (Å²) in [4.78, 5) is 23.4. The van der Waals surface area contributed by atoms with E-state index in [-0.39, 0.29) is 6.54 Å². The van der Waals surface area contributed by atoms with Gasteiger partial charge in [0.2, 0.25) is 0 Å². The predicted octanol–water partition coefficient (Wildman–Crippen LogP) is 1.57. The second kappa shape index (κ2) is 6.75. The molecule has 0 heterocycles. The molecule has 3 N–H and O–H groups in total. The number of carbonyl (C=O) groups excluding carboxylic acids is 2. The number of esters is 1. The first-order valence-electron chi connectivity index (χ1n) is 6.43. The average molecular weight is 274 g/mol. The maximum atomic E-state index is 11.9. The van der Waals surface area contributed by atoms with Crippen LogP contribution < -0.4 is 11.1 Å². The van der Waals surface area contributed by atoms with Crippen molar-refractivity contribution in [1.82, 2.24) is 5.32 Å². The molecule has 6 heteroatoms. The molecule has 0 fully saturated rings. The minimum Gasteiger partial charge on any atom is -0.458 e. The van der Waals surface area contributed by atoms with Crippen LogP contribution in [0, 0.1) is 0 Å². The number of amides is 1. The second-order valence-corrected chi connectivity index (χ2v) is 5.97. The average Bonchev–Trinajstić information content (AvgIpc) is 2.22. The van der Waals surface area contributed by atoms with Crippen molar-refractivity contribution >= 4 is 12.1 Å². The van der Waals surface area contributed by atoms with Gasteiger partial charge in [-0.05, 0) is 41.0 Å². The Bertz CT molecular complexity index is 321. The molecule has 6 nitrogen and oxygen atoms in total. The van der Waals surface area contributed by atoms with Crippen LogP contribution in [0.4, 0.5) is 4.79 Å². The molecule has 0 aliphatic heterocycles. The van der Waals surface area contributed by atoms with E-state index in [0.717, 1.165) is 0 Å². The molecule has 0 aromatic rings. The monoisotopic (exact) mass is 274 g/mol. The molecule has 0 saturated carbocycles. The van der Waals surface area contributed by atoms with Crippen LogP contribution in [0.1, 0.15) is 48.0 Å². The summed E-state index contributed by atoms with van der Waals surface area (Å²) in [7, 11) is 0. The third-order valence-corrected chi connectivity index (χ3v) is 2.44. The summed E-state index contributed by atoms with van der Waals surface area (Å²) in [6.45, 7) is 10.7. The SMILES string of the molecule is CCC(C)(C)OC(=O)C(CN)NC(=O)OC(C)(C)C. The maximum Gasteiger partial charge on any atom is 0.408 e. The largest absolute Gasteiger partial charge is 0.458 e. The number of ether oxygens (including phenoxy) is 2. The molecule has 1 unspecified atom stereocenters. The number of hydrogen-bond donors (Lipinski definition) is 2. The first-order valence-corrected chi connectivity index (χ1v) is 6.43. The lowest BCUT2D eigenvalue weighted by Crippen LogP contribution is -2.50. The Kier molecular flexibility index (Phi) is 6.29. The lowest BCUT2D eigenvalue weighted by atomic mass is 10.1. The van der Waals surface area contributed by atoms with Crippen LogP contribution in [0.3, 0.4) is 0 Å². The first kappa shape index (κ1) is 17.7. The number of alkyl carbamates (subject to hydrolysis) is 1. The topological polar surface area (TPSA) is 90.6 Å². The molecular formula is C13H26N2O4. The van der Waals surface area contributed by atoms with E-state index in [4.69, 9.17) is 15.2 Å². The van der Waals surface area contributed by atoms with Crippen LogP contribution in [-0.2, 0) is 14.3 Å². The van der Waals surface area contributed by atoms with Gasteiger partial charge in [0.15, 0.2) is 0 Å². The minimum atomic E-state index is -0.902. The van der Waals surface area contributed by atoms with Crippen molar-refractivity contribution in [3.8, 4) is 0 Å². The summed E-state index contributed by atoms with van der Waals surface area (Å²) in [5, 5.41) is 2.41. The third kappa shape index (κ3) is 7.66. The highest BCUT2D eigenvalue weighted by atomic mass is 16.6. The molecule has 112 valence electrons. The van der Waals surface area contributed by atoms with Crippen molar-refractivity contribution in [2.75, 3.05) is 6.54 Å². The summed E-state index contributed by atoms with van der Waals surface area (Å²) < 4.78 is 10.3. The Morgan fingerprint density at radius 2 is 1.68 bits per heavy atom. The van der Waals surface area contributed by atoms with Crippen molar-refractivity contribution in [2.24, 2.45) is 5.73 Å². The molecule has 0 radical (unpaired) electrons. The quantitative estimate of drug-likeness (QED) is 0.743. The number of hydrogen-bond acceptors (Lipinski definition) is 5. The van der Waals surface area contributed by atoms with E-state index in [1.54, 1.807) is 34.6 Å². The molecule has 1 atom stereocenters. The summed E-state index contributed by atoms with van der Waals surface area (Å²) in [6.07, 6.45) is -0.0168. The van der Waals surface area contributed by atoms with E-state index in [0.29, 0.717) is 6.42 Å². The van der Waals surface area contributed by atoms with Gasteiger partial charge in [-0.2, -0.15) is 0 Å². The van der Waals surface area contributed by atoms with Crippen LogP contribution in [0.2, 0.25) is 0 Å². The second-order valence-electron chi connectivity index (χ2n) is 5.97. The summed E-state index contributed by atoms with van der Waals surface area (Å²) in [6, 6.07) is -0.902. The van der Waals surface area contributed by atoms with Gasteiger partial charge in [0.25, 0.3) is 0 Å². The highest BCUT2D eigenvalue weighted by molar-refractivity contribution is 5.82. The summed E-state index contributed by atoms with van der Waals surface area (Å²) in [5.41, 5.74) is 4.26. The van der Waals surface area contributed by atoms with Gasteiger partial charge in [0.1, 0.15) is 17.2 Å². The van der Waals surface area contributed by atoms with E-state index in [2.05, 4.69) is 5.32 Å². The first-order chi connectivity index (χ1) is 8.50. The van der Waals surface area contributed by atoms with Gasteiger partial charge in [-0.1, -0.05) is 6.92 Å². The molecule has 0 bridgehead atoms. The van der Waals surface area contributed by atoms with Crippen molar-refractivity contribution in [3.63, 3.8) is 0 Å². The van der Waals surface area contributed by atoms with E-state index < -0.39 is 29.3 Å². The zero-order chi connectivity index (χ0) is 15.3. The van der Waals surface area contributed by atoms with Gasteiger partial charge in [0.05, 0.1) is 0 Å². The van der Waals surface area contributed by atoms with Crippen molar-refractivity contribution in [1.29, 1.82) is 0 Å². The number of carbonyl (C=O) groups is 2. The Morgan fingerprint density at radius 3 is 2.05 bits per heavy atom. The van der Waals surface area contributed by atoms with Gasteiger partial charge >= 0.3 is 12.1 Å². The minimum absolute atomic E-state index is 0.0438. The highest BCUT2D eigenvalue weighted by Gasteiger charge is 2.28. The van der Waals surface area contributed by atoms with E-state index in [1.807, 2.05) is 6.92 Å². The number of nitrogens with two attached hydrogens (primary N) is 1. The van der Waals surface area contributed by atoms with Crippen molar-refractivity contribution in [3.05, 3.63) is 0 Å². The molecule has 0 saturated heterocycles. The number of nitrogens with one attached hydrogen (secondary N) is 1. The molecule has 1 amide bonds. The van der Waals surface area contributed by atoms with Crippen LogP contribution in [-0.4, -0.2) is 35.9 Å². The highest BCUT2D eigenvalue weighted by Crippen LogP contribution is 2.14. The predicted molar refractivity (Wildman–Crippen MR) is 72.7 cm³/mol. The van der Waals surface area contributed by atoms with Crippen molar-refractivity contribution in [2.45, 2.75) is 65.2 Å². The van der Waals surface area contributed by atoms with E-state index in [9.17, 15) is 9.59 Å². The fraction of sp³-hybridized carbons (Fsp3) is 0.846. The smallest absolute Gasteiger partial charge is 0.408 e. The molecule has 0 aromatic carbocycles. The molecule has 19 heavy (non-hydrogen) atoms. The van der Waals surface area contributed by atoms with Gasteiger partial charge in [-0.25, -0.2) is 9.59 Å². The summed E-state index contributed by atoms with van der Waals surface area (Å²) >= 11 is 0. The van der Waals surface area contributed by atoms with Gasteiger partial charge in [-0.3, -0.25) is 0 Å². The molecule has 0 aromatic heterocycles. The van der Waals surface area contributed by atoms with Crippen LogP contribution in [0.25, 0.3) is 0 Å². The van der Waals surface area contributed by atoms with Gasteiger partial charge < -0.3 is 20.5 Å². The standard InChI is InChI=1S/C13H26N2O4/c1-7-13(5,6)18-10(16)9(8-14)15-11(17)19-12(2,3)4/h9H,7-8,14H2,1-6H3,(H,15,17). The van der Waals surface area contributed by atoms with E-state index in [1.165, 1.54) is 0 Å². The van der Waals surface area contributed by atoms with Crippen LogP contribution in [0.15, 0.2) is 0 Å². The Labute approximate surface area is 115 Å². The third-order valence-electron chi connectivity index (χ3n) is 2.44. The fourth-order valence-corrected chi connectivity index (χ4v) is 1.08. The molecule has 0 spiro atoms. The Balaban J connectivity index is 4.51. The molecule has 0 aliphatic rings. The molecule has 0 aliphatic carbocycles. The molecular weight excluding hydrogens is 248 g/mol. The lowest BCUT2D eigenvalue weighted by molar-refractivity contribution is -0.159. The number of rotatable bonds is 5. The zero-order valence-electron chi connectivity index (χ0n) is 12.7. The van der Waals surface area contributed by atoms with Gasteiger partial charge in [0, 0.05) is 6.54 Å². The Hall–Kier alpha value is -1.30. The van der Waals surface area contributed by atoms with Crippen LogP contribution in [0.5, 0.6) is 0 Å². The van der Waals surface area contributed by atoms with Crippen LogP contribution >= 0.6 is 0 Å². The van der Waals surface area contributed by atoms with Gasteiger partial charge in [-0.15, -0.1) is 0 Å². The van der Waals surface area contributed by atoms with Crippen molar-refractivity contribution < 1.29 is 19.1 Å². The normalized spacial score (nSPS) is 13.6. The fourth-order valence-electron chi connectivity index (χ4n) is 1.08.